The largest absolute Gasteiger partial charge is 0.0654 e. The van der Waals surface area contributed by atoms with Crippen molar-refractivity contribution in [1.82, 2.24) is 0 Å². The minimum absolute atomic E-state index is 0.965. The summed E-state index contributed by atoms with van der Waals surface area (Å²) in [4.78, 5) is 0. The van der Waals surface area contributed by atoms with Gasteiger partial charge in [0.2, 0.25) is 0 Å². The van der Waals surface area contributed by atoms with E-state index in [1.54, 1.807) is 0 Å². The highest BCUT2D eigenvalue weighted by atomic mass is 14.1. The summed E-state index contributed by atoms with van der Waals surface area (Å²) < 4.78 is 0. The van der Waals surface area contributed by atoms with Crippen molar-refractivity contribution in [3.05, 3.63) is 0 Å². The molecule has 0 nitrogen and oxygen atoms in total. The van der Waals surface area contributed by atoms with Crippen molar-refractivity contribution in [1.29, 1.82) is 0 Å². The van der Waals surface area contributed by atoms with Crippen molar-refractivity contribution < 1.29 is 0 Å². The van der Waals surface area contributed by atoms with E-state index in [2.05, 4.69) is 27.7 Å². The molecule has 0 aliphatic carbocycles. The molecule has 0 heterocycles. The quantitative estimate of drug-likeness (QED) is 0.0773. The van der Waals surface area contributed by atoms with E-state index >= 15 is 0 Å². The molecule has 0 aromatic heterocycles. The van der Waals surface area contributed by atoms with Crippen molar-refractivity contribution in [3.63, 3.8) is 0 Å². The molecule has 0 aliphatic rings. The molecule has 0 N–H and O–H groups in total. The van der Waals surface area contributed by atoms with Gasteiger partial charge in [0.25, 0.3) is 0 Å². The predicted molar refractivity (Wildman–Crippen MR) is 173 cm³/mol. The van der Waals surface area contributed by atoms with Crippen LogP contribution in [-0.4, -0.2) is 0 Å². The second-order valence-electron chi connectivity index (χ2n) is 13.2. The fraction of sp³-hybridized carbons (Fsp3) is 1.00. The van der Waals surface area contributed by atoms with Crippen molar-refractivity contribution in [2.45, 2.75) is 227 Å². The third-order valence-electron chi connectivity index (χ3n) is 8.99. The minimum atomic E-state index is 0.965. The number of unbranched alkanes of at least 4 members (excludes halogenated alkanes) is 24. The van der Waals surface area contributed by atoms with Crippen LogP contribution in [0.25, 0.3) is 0 Å². The van der Waals surface area contributed by atoms with Crippen LogP contribution in [-0.2, 0) is 0 Å². The van der Waals surface area contributed by atoms with E-state index in [0.29, 0.717) is 0 Å². The highest BCUT2D eigenvalue weighted by molar-refractivity contribution is 4.58. The Morgan fingerprint density at radius 2 is 0.405 bits per heavy atom. The molecule has 0 radical (unpaired) electrons. The summed E-state index contributed by atoms with van der Waals surface area (Å²) in [5.41, 5.74) is 0. The van der Waals surface area contributed by atoms with Gasteiger partial charge in [-0.2, -0.15) is 0 Å². The molecule has 0 spiro atoms. The van der Waals surface area contributed by atoms with Crippen LogP contribution in [0.15, 0.2) is 0 Å². The summed E-state index contributed by atoms with van der Waals surface area (Å²) in [5, 5.41) is 0. The topological polar surface area (TPSA) is 0 Å². The minimum Gasteiger partial charge on any atom is -0.0654 e. The molecule has 0 rings (SSSR count). The van der Waals surface area contributed by atoms with Gasteiger partial charge >= 0.3 is 0 Å². The lowest BCUT2D eigenvalue weighted by molar-refractivity contribution is 0.425. The van der Waals surface area contributed by atoms with Crippen LogP contribution in [0.1, 0.15) is 227 Å². The Kier molecular flexibility index (Phi) is 32.2. The van der Waals surface area contributed by atoms with Gasteiger partial charge in [-0.05, 0) is 11.8 Å². The van der Waals surface area contributed by atoms with E-state index in [1.165, 1.54) is 199 Å². The van der Waals surface area contributed by atoms with E-state index in [4.69, 9.17) is 0 Å². The lowest BCUT2D eigenvalue weighted by Gasteiger charge is -2.11. The molecule has 0 heteroatoms. The van der Waals surface area contributed by atoms with Crippen LogP contribution in [0.4, 0.5) is 0 Å². The lowest BCUT2D eigenvalue weighted by atomic mass is 9.95. The van der Waals surface area contributed by atoms with Gasteiger partial charge in [-0.15, -0.1) is 0 Å². The highest BCUT2D eigenvalue weighted by Crippen LogP contribution is 2.21. The van der Waals surface area contributed by atoms with Gasteiger partial charge in [-0.25, -0.2) is 0 Å². The van der Waals surface area contributed by atoms with Crippen LogP contribution in [0.5, 0.6) is 0 Å². The van der Waals surface area contributed by atoms with Crippen LogP contribution in [0, 0.1) is 11.8 Å². The Bertz CT molecular complexity index is 385. The molecular weight excluding hydrogens is 444 g/mol. The average Bonchev–Trinajstić information content (AvgIpc) is 2.89. The maximum atomic E-state index is 2.50. The van der Waals surface area contributed by atoms with Gasteiger partial charge < -0.3 is 0 Å². The Hall–Kier alpha value is 0. The summed E-state index contributed by atoms with van der Waals surface area (Å²) in [6, 6.07) is 0. The lowest BCUT2D eigenvalue weighted by Crippen LogP contribution is -1.95. The van der Waals surface area contributed by atoms with Gasteiger partial charge in [-0.1, -0.05) is 227 Å². The first-order valence-corrected chi connectivity index (χ1v) is 18.2. The monoisotopic (exact) mass is 521 g/mol. The van der Waals surface area contributed by atoms with Gasteiger partial charge in [0, 0.05) is 0 Å². The first-order chi connectivity index (χ1) is 18.2. The molecule has 0 aliphatic heterocycles. The Balaban J connectivity index is 3.21. The SMILES string of the molecule is CCCCCCCCCCCCC(C)CCCCCCCCCCCC(C)CCCCCCCCCC. The van der Waals surface area contributed by atoms with E-state index in [0.717, 1.165) is 11.8 Å². The molecule has 224 valence electrons. The molecule has 0 aromatic rings. The average molecular weight is 521 g/mol. The van der Waals surface area contributed by atoms with Crippen LogP contribution in [0.2, 0.25) is 0 Å². The second-order valence-corrected chi connectivity index (χ2v) is 13.2. The summed E-state index contributed by atoms with van der Waals surface area (Å²) in [6.45, 7) is 9.62. The highest BCUT2D eigenvalue weighted by Gasteiger charge is 2.04. The standard InChI is InChI=1S/C37H76/c1-5-7-9-11-13-15-17-21-25-29-33-37(4)35-31-27-23-19-16-18-22-26-30-34-36(3)32-28-24-20-14-12-10-8-6-2/h36-37H,5-35H2,1-4H3. The van der Waals surface area contributed by atoms with Gasteiger partial charge in [0.05, 0.1) is 0 Å². The number of rotatable bonds is 32. The third-order valence-corrected chi connectivity index (χ3v) is 8.99. The molecule has 0 amide bonds. The first-order valence-electron chi connectivity index (χ1n) is 18.2. The molecule has 0 aromatic carbocycles. The van der Waals surface area contributed by atoms with Crippen LogP contribution < -0.4 is 0 Å². The van der Waals surface area contributed by atoms with Crippen LogP contribution >= 0.6 is 0 Å². The van der Waals surface area contributed by atoms with E-state index in [-0.39, 0.29) is 0 Å². The van der Waals surface area contributed by atoms with E-state index < -0.39 is 0 Å². The summed E-state index contributed by atoms with van der Waals surface area (Å²) in [6.07, 6.45) is 45.6. The zero-order valence-corrected chi connectivity index (χ0v) is 27.1. The molecule has 0 saturated carbocycles. The maximum Gasteiger partial charge on any atom is -0.0443 e. The fourth-order valence-electron chi connectivity index (χ4n) is 6.12. The molecule has 0 fully saturated rings. The predicted octanol–water partition coefficient (Wildman–Crippen LogP) is 14.4. The molecule has 0 saturated heterocycles. The number of hydrogen-bond donors (Lipinski definition) is 0. The summed E-state index contributed by atoms with van der Waals surface area (Å²) in [5.74, 6) is 1.93. The van der Waals surface area contributed by atoms with Gasteiger partial charge in [-0.3, -0.25) is 0 Å². The van der Waals surface area contributed by atoms with Crippen molar-refractivity contribution in [2.24, 2.45) is 11.8 Å². The Morgan fingerprint density at radius 1 is 0.243 bits per heavy atom. The van der Waals surface area contributed by atoms with Crippen molar-refractivity contribution in [2.75, 3.05) is 0 Å². The Morgan fingerprint density at radius 3 is 0.595 bits per heavy atom. The van der Waals surface area contributed by atoms with Crippen molar-refractivity contribution in [3.8, 4) is 0 Å². The normalized spacial score (nSPS) is 13.3. The smallest absolute Gasteiger partial charge is 0.0443 e. The fourth-order valence-corrected chi connectivity index (χ4v) is 6.12. The van der Waals surface area contributed by atoms with E-state index in [9.17, 15) is 0 Å². The van der Waals surface area contributed by atoms with Gasteiger partial charge in [0.1, 0.15) is 0 Å². The zero-order valence-electron chi connectivity index (χ0n) is 27.1. The van der Waals surface area contributed by atoms with Gasteiger partial charge in [0.15, 0.2) is 0 Å². The first kappa shape index (κ1) is 37.0. The summed E-state index contributed by atoms with van der Waals surface area (Å²) in [7, 11) is 0. The molecule has 2 unspecified atom stereocenters. The molecule has 0 bridgehead atoms. The van der Waals surface area contributed by atoms with Crippen LogP contribution in [0.3, 0.4) is 0 Å². The van der Waals surface area contributed by atoms with E-state index in [1.807, 2.05) is 0 Å². The number of hydrogen-bond acceptors (Lipinski definition) is 0. The summed E-state index contributed by atoms with van der Waals surface area (Å²) >= 11 is 0. The molecular formula is C37H76. The Labute approximate surface area is 238 Å². The molecule has 2 atom stereocenters. The molecule has 37 heavy (non-hydrogen) atoms. The second kappa shape index (κ2) is 32.2. The zero-order chi connectivity index (χ0) is 27.1. The third kappa shape index (κ3) is 32.1. The maximum absolute atomic E-state index is 2.50. The van der Waals surface area contributed by atoms with Crippen molar-refractivity contribution >= 4 is 0 Å².